The molecule has 0 radical (unpaired) electrons. The fourth-order valence-corrected chi connectivity index (χ4v) is 4.03. The lowest BCUT2D eigenvalue weighted by Crippen LogP contribution is -2.38. The number of hydrogen-bond acceptors (Lipinski definition) is 3. The van der Waals surface area contributed by atoms with Gasteiger partial charge in [0.25, 0.3) is 0 Å². The molecule has 1 aliphatic heterocycles. The Balaban J connectivity index is 2.37. The van der Waals surface area contributed by atoms with E-state index < -0.39 is 10.0 Å². The van der Waals surface area contributed by atoms with E-state index in [1.54, 1.807) is 19.1 Å². The Morgan fingerprint density at radius 2 is 1.95 bits per heavy atom. The molecule has 5 heteroatoms. The fraction of sp³-hybridized carbons (Fsp3) is 0.500. The molecule has 0 bridgehead atoms. The van der Waals surface area contributed by atoms with Crippen LogP contribution in [0.15, 0.2) is 23.1 Å². The van der Waals surface area contributed by atoms with Crippen LogP contribution < -0.4 is 0 Å². The molecule has 2 rings (SSSR count). The van der Waals surface area contributed by atoms with Crippen LogP contribution in [0.2, 0.25) is 0 Å². The van der Waals surface area contributed by atoms with Crippen molar-refractivity contribution in [2.75, 3.05) is 13.1 Å². The summed E-state index contributed by atoms with van der Waals surface area (Å²) in [4.78, 5) is 0.265. The van der Waals surface area contributed by atoms with E-state index in [0.717, 1.165) is 12.8 Å². The van der Waals surface area contributed by atoms with E-state index in [0.29, 0.717) is 30.1 Å². The molecule has 1 saturated heterocycles. The van der Waals surface area contributed by atoms with Gasteiger partial charge in [-0.05, 0) is 43.4 Å². The first-order valence-electron chi connectivity index (χ1n) is 6.46. The molecule has 0 aliphatic carbocycles. The van der Waals surface area contributed by atoms with E-state index in [4.69, 9.17) is 5.26 Å². The van der Waals surface area contributed by atoms with Gasteiger partial charge in [-0.2, -0.15) is 9.57 Å². The molecular weight excluding hydrogens is 260 g/mol. The Morgan fingerprint density at radius 3 is 2.53 bits per heavy atom. The Bertz CT molecular complexity index is 609. The number of nitriles is 1. The van der Waals surface area contributed by atoms with Gasteiger partial charge in [-0.1, -0.05) is 13.0 Å². The van der Waals surface area contributed by atoms with Crippen LogP contribution in [0.1, 0.15) is 30.9 Å². The van der Waals surface area contributed by atoms with Gasteiger partial charge in [0.1, 0.15) is 0 Å². The highest BCUT2D eigenvalue weighted by atomic mass is 32.2. The molecule has 1 heterocycles. The lowest BCUT2D eigenvalue weighted by Gasteiger charge is -2.29. The van der Waals surface area contributed by atoms with E-state index in [1.165, 1.54) is 10.4 Å². The number of benzene rings is 1. The third-order valence-corrected chi connectivity index (χ3v) is 5.72. The molecule has 0 amide bonds. The van der Waals surface area contributed by atoms with E-state index >= 15 is 0 Å². The summed E-state index contributed by atoms with van der Waals surface area (Å²) in [6, 6.07) is 6.81. The second-order valence-electron chi connectivity index (χ2n) is 5.18. The minimum atomic E-state index is -3.47. The lowest BCUT2D eigenvalue weighted by molar-refractivity contribution is 0.288. The van der Waals surface area contributed by atoms with Crippen molar-refractivity contribution >= 4 is 10.0 Å². The quantitative estimate of drug-likeness (QED) is 0.834. The summed E-state index contributed by atoms with van der Waals surface area (Å²) in [5, 5.41) is 8.91. The lowest BCUT2D eigenvalue weighted by atomic mass is 10.0. The third-order valence-electron chi connectivity index (χ3n) is 3.68. The molecule has 0 unspecified atom stereocenters. The molecule has 0 N–H and O–H groups in total. The van der Waals surface area contributed by atoms with Crippen LogP contribution in [0.3, 0.4) is 0 Å². The predicted octanol–water partition coefficient (Wildman–Crippen LogP) is 2.29. The van der Waals surface area contributed by atoms with E-state index in [9.17, 15) is 8.42 Å². The minimum Gasteiger partial charge on any atom is -0.207 e. The van der Waals surface area contributed by atoms with Crippen LogP contribution in [0, 0.1) is 24.2 Å². The second-order valence-corrected chi connectivity index (χ2v) is 7.09. The summed E-state index contributed by atoms with van der Waals surface area (Å²) in [7, 11) is -3.47. The molecule has 102 valence electrons. The van der Waals surface area contributed by atoms with Gasteiger partial charge in [-0.25, -0.2) is 8.42 Å². The number of sulfonamides is 1. The number of piperidine rings is 1. The summed E-state index contributed by atoms with van der Waals surface area (Å²) in [5.41, 5.74) is 1.08. The summed E-state index contributed by atoms with van der Waals surface area (Å²) in [6.07, 6.45) is 1.80. The summed E-state index contributed by atoms with van der Waals surface area (Å²) in [6.45, 7) is 5.05. The van der Waals surface area contributed by atoms with Gasteiger partial charge in [0.2, 0.25) is 10.0 Å². The number of nitrogens with zero attached hydrogens (tertiary/aromatic N) is 2. The molecule has 1 aromatic carbocycles. The summed E-state index contributed by atoms with van der Waals surface area (Å²) in [5.74, 6) is 0.581. The van der Waals surface area contributed by atoms with E-state index in [-0.39, 0.29) is 4.90 Å². The highest BCUT2D eigenvalue weighted by Crippen LogP contribution is 2.25. The Kier molecular flexibility index (Phi) is 3.93. The zero-order chi connectivity index (χ0) is 14.0. The molecule has 1 aromatic rings. The van der Waals surface area contributed by atoms with Gasteiger partial charge in [0.15, 0.2) is 0 Å². The zero-order valence-electron chi connectivity index (χ0n) is 11.3. The van der Waals surface area contributed by atoms with Gasteiger partial charge in [-0.3, -0.25) is 0 Å². The monoisotopic (exact) mass is 278 g/mol. The summed E-state index contributed by atoms with van der Waals surface area (Å²) >= 11 is 0. The van der Waals surface area contributed by atoms with Gasteiger partial charge in [-0.15, -0.1) is 0 Å². The molecule has 0 atom stereocenters. The maximum absolute atomic E-state index is 12.6. The summed E-state index contributed by atoms with van der Waals surface area (Å²) < 4.78 is 26.7. The third kappa shape index (κ3) is 2.80. The largest absolute Gasteiger partial charge is 0.243 e. The van der Waals surface area contributed by atoms with E-state index in [2.05, 4.69) is 6.92 Å². The van der Waals surface area contributed by atoms with Crippen molar-refractivity contribution in [1.82, 2.24) is 4.31 Å². The van der Waals surface area contributed by atoms with Crippen LogP contribution in [-0.2, 0) is 10.0 Å². The maximum atomic E-state index is 12.6. The molecule has 0 spiro atoms. The SMILES string of the molecule is Cc1ccc(C#N)cc1S(=O)(=O)N1CCC(C)CC1. The highest BCUT2D eigenvalue weighted by molar-refractivity contribution is 7.89. The fourth-order valence-electron chi connectivity index (χ4n) is 2.31. The predicted molar refractivity (Wildman–Crippen MR) is 73.1 cm³/mol. The average molecular weight is 278 g/mol. The molecule has 19 heavy (non-hydrogen) atoms. The molecular formula is C14H18N2O2S. The smallest absolute Gasteiger partial charge is 0.207 e. The van der Waals surface area contributed by atoms with Gasteiger partial charge >= 0.3 is 0 Å². The molecule has 4 nitrogen and oxygen atoms in total. The van der Waals surface area contributed by atoms with E-state index in [1.807, 2.05) is 6.07 Å². The first kappa shape index (κ1) is 14.0. The van der Waals surface area contributed by atoms with Gasteiger partial charge in [0, 0.05) is 13.1 Å². The minimum absolute atomic E-state index is 0.265. The highest BCUT2D eigenvalue weighted by Gasteiger charge is 2.29. The van der Waals surface area contributed by atoms with Crippen molar-refractivity contribution in [2.45, 2.75) is 31.6 Å². The second kappa shape index (κ2) is 5.32. The standard InChI is InChI=1S/C14H18N2O2S/c1-11-5-7-16(8-6-11)19(17,18)14-9-13(10-15)4-3-12(14)2/h3-4,9,11H,5-8H2,1-2H3. The normalized spacial score (nSPS) is 18.2. The van der Waals surface area contributed by atoms with Crippen molar-refractivity contribution in [3.63, 3.8) is 0 Å². The van der Waals surface area contributed by atoms with Crippen molar-refractivity contribution in [2.24, 2.45) is 5.92 Å². The van der Waals surface area contributed by atoms with Crippen LogP contribution in [0.25, 0.3) is 0 Å². The van der Waals surface area contributed by atoms with Crippen LogP contribution in [0.4, 0.5) is 0 Å². The van der Waals surface area contributed by atoms with Crippen molar-refractivity contribution in [3.8, 4) is 6.07 Å². The molecule has 1 fully saturated rings. The maximum Gasteiger partial charge on any atom is 0.243 e. The molecule has 0 saturated carbocycles. The molecule has 0 aromatic heterocycles. The number of hydrogen-bond donors (Lipinski definition) is 0. The number of aryl methyl sites for hydroxylation is 1. The first-order chi connectivity index (χ1) is 8.95. The van der Waals surface area contributed by atoms with Crippen LogP contribution >= 0.6 is 0 Å². The van der Waals surface area contributed by atoms with Crippen molar-refractivity contribution < 1.29 is 8.42 Å². The van der Waals surface area contributed by atoms with Crippen LogP contribution in [-0.4, -0.2) is 25.8 Å². The van der Waals surface area contributed by atoms with Crippen LogP contribution in [0.5, 0.6) is 0 Å². The van der Waals surface area contributed by atoms with Gasteiger partial charge in [0.05, 0.1) is 16.5 Å². The van der Waals surface area contributed by atoms with Gasteiger partial charge < -0.3 is 0 Å². The van der Waals surface area contributed by atoms with Crippen molar-refractivity contribution in [3.05, 3.63) is 29.3 Å². The Labute approximate surface area is 114 Å². The Morgan fingerprint density at radius 1 is 1.32 bits per heavy atom. The zero-order valence-corrected chi connectivity index (χ0v) is 12.1. The average Bonchev–Trinajstić information content (AvgIpc) is 2.39. The first-order valence-corrected chi connectivity index (χ1v) is 7.90. The Hall–Kier alpha value is -1.38. The number of rotatable bonds is 2. The van der Waals surface area contributed by atoms with Crippen molar-refractivity contribution in [1.29, 1.82) is 5.26 Å². The molecule has 1 aliphatic rings. The topological polar surface area (TPSA) is 61.2 Å².